The highest BCUT2D eigenvalue weighted by molar-refractivity contribution is 6.31. The number of aliphatic imine (C=N–C) groups is 1. The van der Waals surface area contributed by atoms with E-state index in [-0.39, 0.29) is 0 Å². The van der Waals surface area contributed by atoms with Crippen LogP contribution in [0.5, 0.6) is 0 Å². The molecule has 0 fully saturated rings. The lowest BCUT2D eigenvalue weighted by Crippen LogP contribution is -1.87. The van der Waals surface area contributed by atoms with Gasteiger partial charge < -0.3 is 4.98 Å². The Labute approximate surface area is 163 Å². The van der Waals surface area contributed by atoms with Crippen molar-refractivity contribution in [2.24, 2.45) is 4.99 Å². The fourth-order valence-electron chi connectivity index (χ4n) is 2.56. The monoisotopic (exact) mass is 368 g/mol. The van der Waals surface area contributed by atoms with E-state index in [0.29, 0.717) is 5.03 Å². The first-order valence-corrected chi connectivity index (χ1v) is 9.43. The lowest BCUT2D eigenvalue weighted by atomic mass is 10.1. The average molecular weight is 369 g/mol. The van der Waals surface area contributed by atoms with Crippen molar-refractivity contribution in [2.75, 3.05) is 0 Å². The number of H-pyrrole nitrogens is 1. The van der Waals surface area contributed by atoms with Crippen LogP contribution in [0.15, 0.2) is 47.6 Å². The van der Waals surface area contributed by atoms with E-state index in [0.717, 1.165) is 40.9 Å². The number of nitrogens with one attached hydrogen (secondary N) is 1. The third-order valence-electron chi connectivity index (χ3n) is 3.73. The molecular weight excluding hydrogens is 340 g/mol. The highest BCUT2D eigenvalue weighted by Crippen LogP contribution is 2.24. The molecule has 3 heteroatoms. The second-order valence-corrected chi connectivity index (χ2v) is 6.21. The molecule has 0 unspecified atom stereocenters. The average Bonchev–Trinajstić information content (AvgIpc) is 3.03. The maximum absolute atomic E-state index is 6.05. The first kappa shape index (κ1) is 21.7. The molecule has 2 rings (SSSR count). The second-order valence-electron chi connectivity index (χ2n) is 5.61. The van der Waals surface area contributed by atoms with Crippen LogP contribution in [0.1, 0.15) is 62.1 Å². The molecule has 0 aliphatic heterocycles. The Kier molecular flexibility index (Phi) is 9.46. The van der Waals surface area contributed by atoms with Gasteiger partial charge in [-0.3, -0.25) is 4.99 Å². The summed E-state index contributed by atoms with van der Waals surface area (Å²) in [6.07, 6.45) is 11.4. The Hall–Kier alpha value is -2.32. The van der Waals surface area contributed by atoms with Gasteiger partial charge in [-0.15, -0.1) is 0 Å². The first-order valence-electron chi connectivity index (χ1n) is 9.06. The van der Waals surface area contributed by atoms with Gasteiger partial charge in [-0.25, -0.2) is 0 Å². The van der Waals surface area contributed by atoms with Crippen molar-refractivity contribution < 1.29 is 0 Å². The number of allylic oxidation sites excluding steroid dienone is 1. The van der Waals surface area contributed by atoms with Gasteiger partial charge in [0, 0.05) is 34.3 Å². The van der Waals surface area contributed by atoms with E-state index in [1.54, 1.807) is 6.08 Å². The van der Waals surface area contributed by atoms with Gasteiger partial charge in [0.15, 0.2) is 0 Å². The van der Waals surface area contributed by atoms with E-state index in [4.69, 9.17) is 11.6 Å². The summed E-state index contributed by atoms with van der Waals surface area (Å²) in [5.41, 5.74) is 6.13. The van der Waals surface area contributed by atoms with Gasteiger partial charge in [0.05, 0.1) is 5.69 Å². The number of hydrogen-bond donors (Lipinski definition) is 1. The summed E-state index contributed by atoms with van der Waals surface area (Å²) in [4.78, 5) is 7.88. The maximum Gasteiger partial charge on any atom is 0.0704 e. The summed E-state index contributed by atoms with van der Waals surface area (Å²) >= 11 is 6.05. The van der Waals surface area contributed by atoms with Crippen LogP contribution in [-0.2, 0) is 6.42 Å². The number of aryl methyl sites for hydroxylation is 1. The molecule has 138 valence electrons. The minimum absolute atomic E-state index is 0.712. The van der Waals surface area contributed by atoms with Crippen molar-refractivity contribution in [1.82, 2.24) is 4.98 Å². The Bertz CT molecular complexity index is 791. The van der Waals surface area contributed by atoms with Crippen molar-refractivity contribution >= 4 is 41.7 Å². The number of aromatic amines is 1. The molecule has 0 aliphatic carbocycles. The summed E-state index contributed by atoms with van der Waals surface area (Å²) in [6.45, 7) is 15.7. The van der Waals surface area contributed by atoms with E-state index in [9.17, 15) is 0 Å². The molecule has 1 N–H and O–H groups in total. The molecule has 0 saturated carbocycles. The smallest absolute Gasteiger partial charge is 0.0704 e. The van der Waals surface area contributed by atoms with Crippen LogP contribution in [-0.4, -0.2) is 11.2 Å². The topological polar surface area (TPSA) is 28.1 Å². The molecule has 0 atom stereocenters. The molecule has 1 aromatic carbocycles. The molecule has 0 radical (unpaired) electrons. The standard InChI is InChI=1S/C21H23ClN2.C2H6/c1-5-8-16-9-10-17(6-2)21(12-16)24-14-18-13-23-20(7-3)19(18)11-15(4)22;1-2/h6-7,9-14,23H,2-3,5,8H2,1,4H3;1-2H3/b15-11+,24-14?;. The van der Waals surface area contributed by atoms with Crippen LogP contribution in [0.25, 0.3) is 18.2 Å². The van der Waals surface area contributed by atoms with Crippen molar-refractivity contribution in [3.63, 3.8) is 0 Å². The summed E-state index contributed by atoms with van der Waals surface area (Å²) < 4.78 is 0. The predicted molar refractivity (Wildman–Crippen MR) is 120 cm³/mol. The molecule has 2 aromatic rings. The van der Waals surface area contributed by atoms with Gasteiger partial charge in [-0.2, -0.15) is 0 Å². The van der Waals surface area contributed by atoms with Gasteiger partial charge >= 0.3 is 0 Å². The number of nitrogens with zero attached hydrogens (tertiary/aromatic N) is 1. The molecule has 1 heterocycles. The number of rotatable bonds is 7. The van der Waals surface area contributed by atoms with Crippen molar-refractivity contribution in [2.45, 2.75) is 40.5 Å². The highest BCUT2D eigenvalue weighted by atomic mass is 35.5. The molecule has 0 spiro atoms. The fraction of sp³-hybridized carbons (Fsp3) is 0.261. The number of hydrogen-bond acceptors (Lipinski definition) is 1. The zero-order valence-corrected chi connectivity index (χ0v) is 17.0. The first-order chi connectivity index (χ1) is 12.6. The zero-order chi connectivity index (χ0) is 19.5. The number of aromatic nitrogens is 1. The van der Waals surface area contributed by atoms with E-state index in [1.165, 1.54) is 5.56 Å². The Balaban J connectivity index is 0.00000163. The van der Waals surface area contributed by atoms with Gasteiger partial charge in [0.25, 0.3) is 0 Å². The van der Waals surface area contributed by atoms with Crippen molar-refractivity contribution in [3.8, 4) is 0 Å². The Morgan fingerprint density at radius 2 is 1.92 bits per heavy atom. The molecule has 0 saturated heterocycles. The predicted octanol–water partition coefficient (Wildman–Crippen LogP) is 7.63. The van der Waals surface area contributed by atoms with Crippen LogP contribution in [0.3, 0.4) is 0 Å². The Morgan fingerprint density at radius 3 is 2.50 bits per heavy atom. The minimum atomic E-state index is 0.712. The molecule has 26 heavy (non-hydrogen) atoms. The largest absolute Gasteiger partial charge is 0.361 e. The van der Waals surface area contributed by atoms with E-state index in [1.807, 2.05) is 45.3 Å². The highest BCUT2D eigenvalue weighted by Gasteiger charge is 2.06. The molecule has 0 amide bonds. The number of halogens is 1. The summed E-state index contributed by atoms with van der Waals surface area (Å²) in [6, 6.07) is 6.33. The fourth-order valence-corrected chi connectivity index (χ4v) is 2.67. The van der Waals surface area contributed by atoms with Gasteiger partial charge in [0.2, 0.25) is 0 Å². The van der Waals surface area contributed by atoms with Gasteiger partial charge in [0.1, 0.15) is 0 Å². The van der Waals surface area contributed by atoms with Crippen molar-refractivity contribution in [1.29, 1.82) is 0 Å². The normalized spacial score (nSPS) is 11.2. The second kappa shape index (κ2) is 11.3. The number of benzene rings is 1. The van der Waals surface area contributed by atoms with Crippen LogP contribution in [0.2, 0.25) is 0 Å². The molecule has 2 nitrogen and oxygen atoms in total. The van der Waals surface area contributed by atoms with Crippen LogP contribution < -0.4 is 0 Å². The summed E-state index contributed by atoms with van der Waals surface area (Å²) in [5, 5.41) is 0.712. The van der Waals surface area contributed by atoms with Crippen molar-refractivity contribution in [3.05, 3.63) is 70.5 Å². The third kappa shape index (κ3) is 5.89. The molecular formula is C23H29ClN2. The van der Waals surface area contributed by atoms with Gasteiger partial charge in [-0.05, 0) is 42.7 Å². The van der Waals surface area contributed by atoms with Crippen LogP contribution >= 0.6 is 11.6 Å². The Morgan fingerprint density at radius 1 is 1.19 bits per heavy atom. The lowest BCUT2D eigenvalue weighted by Gasteiger charge is -2.05. The summed E-state index contributed by atoms with van der Waals surface area (Å²) in [7, 11) is 0. The minimum Gasteiger partial charge on any atom is -0.361 e. The summed E-state index contributed by atoms with van der Waals surface area (Å²) in [5.74, 6) is 0. The molecule has 1 aromatic heterocycles. The SMILES string of the molecule is C=Cc1ccc(CCC)cc1N=Cc1c[nH]c(C=C)c1/C=C(\C)Cl.CC. The molecule has 0 aliphatic rings. The zero-order valence-electron chi connectivity index (χ0n) is 16.3. The molecule has 0 bridgehead atoms. The quantitative estimate of drug-likeness (QED) is 0.486. The van der Waals surface area contributed by atoms with Gasteiger partial charge in [-0.1, -0.05) is 70.2 Å². The van der Waals surface area contributed by atoms with E-state index in [2.05, 4.69) is 48.3 Å². The third-order valence-corrected chi connectivity index (χ3v) is 3.84. The van der Waals surface area contributed by atoms with Crippen LogP contribution in [0, 0.1) is 0 Å². The van der Waals surface area contributed by atoms with E-state index >= 15 is 0 Å². The lowest BCUT2D eigenvalue weighted by molar-refractivity contribution is 0.922. The maximum atomic E-state index is 6.05. The van der Waals surface area contributed by atoms with E-state index < -0.39 is 0 Å². The van der Waals surface area contributed by atoms with Crippen LogP contribution in [0.4, 0.5) is 5.69 Å².